The Balaban J connectivity index is 1.94. The van der Waals surface area contributed by atoms with Crippen LogP contribution in [-0.4, -0.2) is 35.6 Å². The molecule has 1 aromatic carbocycles. The molecule has 2 N–H and O–H groups in total. The van der Waals surface area contributed by atoms with Gasteiger partial charge < -0.3 is 15.2 Å². The van der Waals surface area contributed by atoms with Gasteiger partial charge in [-0.25, -0.2) is 4.98 Å². The van der Waals surface area contributed by atoms with Crippen molar-refractivity contribution in [1.29, 1.82) is 0 Å². The van der Waals surface area contributed by atoms with Crippen LogP contribution in [0.15, 0.2) is 29.3 Å². The summed E-state index contributed by atoms with van der Waals surface area (Å²) in [5, 5.41) is 6.66. The molecule has 1 aromatic heterocycles. The lowest BCUT2D eigenvalue weighted by Gasteiger charge is -2.14. The second-order valence-corrected chi connectivity index (χ2v) is 5.57. The number of aryl methyl sites for hydroxylation is 1. The standard InChI is InChI=1S/C16H25N5/c1-12(2)11-19-16(17-4)18-9-10-21-13(3)20-14-7-5-6-8-15(14)21/h5-8,12H,9-11H2,1-4H3,(H2,17,18,19). The molecule has 0 bridgehead atoms. The molecule has 0 saturated carbocycles. The van der Waals surface area contributed by atoms with E-state index in [0.717, 1.165) is 36.9 Å². The highest BCUT2D eigenvalue weighted by molar-refractivity contribution is 5.79. The highest BCUT2D eigenvalue weighted by Gasteiger charge is 2.06. The molecule has 5 nitrogen and oxygen atoms in total. The third-order valence-corrected chi connectivity index (χ3v) is 3.37. The van der Waals surface area contributed by atoms with Crippen LogP contribution in [0.5, 0.6) is 0 Å². The number of benzene rings is 1. The van der Waals surface area contributed by atoms with E-state index in [1.165, 1.54) is 5.52 Å². The zero-order chi connectivity index (χ0) is 15.2. The summed E-state index contributed by atoms with van der Waals surface area (Å²) in [6, 6.07) is 8.24. The van der Waals surface area contributed by atoms with E-state index in [0.29, 0.717) is 5.92 Å². The third kappa shape index (κ3) is 3.97. The molecular weight excluding hydrogens is 262 g/mol. The number of hydrogen-bond donors (Lipinski definition) is 2. The van der Waals surface area contributed by atoms with Gasteiger partial charge in [-0.3, -0.25) is 4.99 Å². The summed E-state index contributed by atoms with van der Waals surface area (Å²) in [6.45, 7) is 9.02. The maximum Gasteiger partial charge on any atom is 0.191 e. The van der Waals surface area contributed by atoms with Crippen LogP contribution in [0, 0.1) is 12.8 Å². The van der Waals surface area contributed by atoms with E-state index in [4.69, 9.17) is 0 Å². The molecule has 21 heavy (non-hydrogen) atoms. The number of fused-ring (bicyclic) bond motifs is 1. The predicted octanol–water partition coefficient (Wildman–Crippen LogP) is 2.17. The van der Waals surface area contributed by atoms with Crippen molar-refractivity contribution in [3.8, 4) is 0 Å². The van der Waals surface area contributed by atoms with Crippen LogP contribution in [0.1, 0.15) is 19.7 Å². The quantitative estimate of drug-likeness (QED) is 0.654. The van der Waals surface area contributed by atoms with Gasteiger partial charge in [0.25, 0.3) is 0 Å². The molecule has 5 heteroatoms. The number of para-hydroxylation sites is 2. The number of aromatic nitrogens is 2. The number of hydrogen-bond acceptors (Lipinski definition) is 2. The normalized spacial score (nSPS) is 12.1. The number of imidazole rings is 1. The molecule has 2 aromatic rings. The molecule has 0 unspecified atom stereocenters. The summed E-state index contributed by atoms with van der Waals surface area (Å²) in [5.74, 6) is 2.50. The van der Waals surface area contributed by atoms with Crippen molar-refractivity contribution in [3.63, 3.8) is 0 Å². The van der Waals surface area contributed by atoms with Crippen LogP contribution in [0.25, 0.3) is 11.0 Å². The fourth-order valence-electron chi connectivity index (χ4n) is 2.29. The average Bonchev–Trinajstić information content (AvgIpc) is 2.78. The molecule has 0 aliphatic rings. The van der Waals surface area contributed by atoms with E-state index in [9.17, 15) is 0 Å². The second-order valence-electron chi connectivity index (χ2n) is 5.57. The number of nitrogens with zero attached hydrogens (tertiary/aromatic N) is 3. The van der Waals surface area contributed by atoms with Crippen molar-refractivity contribution in [3.05, 3.63) is 30.1 Å². The van der Waals surface area contributed by atoms with Gasteiger partial charge in [-0.05, 0) is 25.0 Å². The maximum absolute atomic E-state index is 4.58. The van der Waals surface area contributed by atoms with Crippen molar-refractivity contribution in [2.24, 2.45) is 10.9 Å². The zero-order valence-corrected chi connectivity index (χ0v) is 13.3. The Morgan fingerprint density at radius 3 is 2.76 bits per heavy atom. The van der Waals surface area contributed by atoms with Gasteiger partial charge in [0.2, 0.25) is 0 Å². The van der Waals surface area contributed by atoms with Crippen LogP contribution in [-0.2, 0) is 6.54 Å². The van der Waals surface area contributed by atoms with E-state index in [1.807, 2.05) is 13.0 Å². The Kier molecular flexibility index (Phi) is 5.20. The van der Waals surface area contributed by atoms with Gasteiger partial charge in [0, 0.05) is 26.7 Å². The SMILES string of the molecule is CN=C(NCCn1c(C)nc2ccccc21)NCC(C)C. The van der Waals surface area contributed by atoms with Gasteiger partial charge in [-0.1, -0.05) is 26.0 Å². The lowest BCUT2D eigenvalue weighted by molar-refractivity contribution is 0.606. The van der Waals surface area contributed by atoms with Gasteiger partial charge in [0.05, 0.1) is 11.0 Å². The van der Waals surface area contributed by atoms with Crippen LogP contribution < -0.4 is 10.6 Å². The van der Waals surface area contributed by atoms with E-state index >= 15 is 0 Å². The van der Waals surface area contributed by atoms with E-state index < -0.39 is 0 Å². The molecule has 0 saturated heterocycles. The molecule has 114 valence electrons. The molecule has 0 amide bonds. The van der Waals surface area contributed by atoms with Gasteiger partial charge >= 0.3 is 0 Å². The lowest BCUT2D eigenvalue weighted by Crippen LogP contribution is -2.40. The first-order valence-electron chi connectivity index (χ1n) is 7.48. The Bertz CT molecular complexity index is 612. The smallest absolute Gasteiger partial charge is 0.191 e. The summed E-state index contributed by atoms with van der Waals surface area (Å²) in [5.41, 5.74) is 2.24. The molecule has 0 radical (unpaired) electrons. The number of guanidine groups is 1. The Morgan fingerprint density at radius 2 is 2.05 bits per heavy atom. The highest BCUT2D eigenvalue weighted by atomic mass is 15.2. The minimum atomic E-state index is 0.600. The largest absolute Gasteiger partial charge is 0.356 e. The third-order valence-electron chi connectivity index (χ3n) is 3.37. The van der Waals surface area contributed by atoms with Crippen LogP contribution >= 0.6 is 0 Å². The number of nitrogens with one attached hydrogen (secondary N) is 2. The Morgan fingerprint density at radius 1 is 1.29 bits per heavy atom. The first-order chi connectivity index (χ1) is 10.1. The minimum absolute atomic E-state index is 0.600. The van der Waals surface area contributed by atoms with Crippen molar-refractivity contribution in [2.75, 3.05) is 20.1 Å². The summed E-state index contributed by atoms with van der Waals surface area (Å²) in [6.07, 6.45) is 0. The Hall–Kier alpha value is -2.04. The molecule has 0 aliphatic carbocycles. The van der Waals surface area contributed by atoms with E-state index in [2.05, 4.69) is 57.2 Å². The van der Waals surface area contributed by atoms with Crippen molar-refractivity contribution >= 4 is 17.0 Å². The molecule has 1 heterocycles. The highest BCUT2D eigenvalue weighted by Crippen LogP contribution is 2.14. The molecule has 0 atom stereocenters. The zero-order valence-electron chi connectivity index (χ0n) is 13.3. The molecule has 0 aliphatic heterocycles. The first kappa shape index (κ1) is 15.4. The van der Waals surface area contributed by atoms with E-state index in [-0.39, 0.29) is 0 Å². The van der Waals surface area contributed by atoms with Gasteiger partial charge in [0.15, 0.2) is 5.96 Å². The van der Waals surface area contributed by atoms with E-state index in [1.54, 1.807) is 7.05 Å². The fraction of sp³-hybridized carbons (Fsp3) is 0.500. The second kappa shape index (κ2) is 7.11. The molecule has 0 spiro atoms. The topological polar surface area (TPSA) is 54.2 Å². The number of rotatable bonds is 5. The maximum atomic E-state index is 4.58. The lowest BCUT2D eigenvalue weighted by atomic mass is 10.2. The minimum Gasteiger partial charge on any atom is -0.356 e. The molecule has 2 rings (SSSR count). The summed E-state index contributed by atoms with van der Waals surface area (Å²) < 4.78 is 2.23. The summed E-state index contributed by atoms with van der Waals surface area (Å²) >= 11 is 0. The average molecular weight is 287 g/mol. The fourth-order valence-corrected chi connectivity index (χ4v) is 2.29. The summed E-state index contributed by atoms with van der Waals surface area (Å²) in [7, 11) is 1.80. The van der Waals surface area contributed by atoms with Crippen molar-refractivity contribution < 1.29 is 0 Å². The Labute approximate surface area is 126 Å². The van der Waals surface area contributed by atoms with Crippen molar-refractivity contribution in [1.82, 2.24) is 20.2 Å². The van der Waals surface area contributed by atoms with Crippen LogP contribution in [0.2, 0.25) is 0 Å². The van der Waals surface area contributed by atoms with Crippen LogP contribution in [0.4, 0.5) is 0 Å². The molecule has 0 fully saturated rings. The van der Waals surface area contributed by atoms with Gasteiger partial charge in [-0.2, -0.15) is 0 Å². The van der Waals surface area contributed by atoms with Crippen LogP contribution in [0.3, 0.4) is 0 Å². The molecular formula is C16H25N5. The van der Waals surface area contributed by atoms with Gasteiger partial charge in [-0.15, -0.1) is 0 Å². The monoisotopic (exact) mass is 287 g/mol. The predicted molar refractivity (Wildman–Crippen MR) is 88.7 cm³/mol. The van der Waals surface area contributed by atoms with Gasteiger partial charge in [0.1, 0.15) is 5.82 Å². The van der Waals surface area contributed by atoms with Crippen molar-refractivity contribution in [2.45, 2.75) is 27.3 Å². The summed E-state index contributed by atoms with van der Waals surface area (Å²) in [4.78, 5) is 8.81. The first-order valence-corrected chi connectivity index (χ1v) is 7.48. The number of aliphatic imine (C=N–C) groups is 1.